The van der Waals surface area contributed by atoms with Gasteiger partial charge in [0, 0.05) is 17.8 Å². The number of nitrogens with zero attached hydrogens (tertiary/aromatic N) is 1. The third-order valence-electron chi connectivity index (χ3n) is 4.04. The van der Waals surface area contributed by atoms with Crippen molar-refractivity contribution >= 4 is 11.3 Å². The van der Waals surface area contributed by atoms with Gasteiger partial charge in [-0.3, -0.25) is 0 Å². The van der Waals surface area contributed by atoms with Crippen LogP contribution in [0.2, 0.25) is 0 Å². The minimum absolute atomic E-state index is 0.0527. The van der Waals surface area contributed by atoms with Crippen LogP contribution in [0, 0.1) is 6.92 Å². The van der Waals surface area contributed by atoms with Crippen molar-refractivity contribution in [1.29, 1.82) is 0 Å². The van der Waals surface area contributed by atoms with Gasteiger partial charge in [0.15, 0.2) is 0 Å². The molecule has 0 saturated heterocycles. The highest BCUT2D eigenvalue weighted by Gasteiger charge is 2.19. The number of thiazole rings is 1. The van der Waals surface area contributed by atoms with Gasteiger partial charge in [-0.1, -0.05) is 30.7 Å². The van der Waals surface area contributed by atoms with E-state index in [-0.39, 0.29) is 6.04 Å². The molecular weight excluding hydrogens is 252 g/mol. The highest BCUT2D eigenvalue weighted by molar-refractivity contribution is 7.09. The second-order valence-corrected chi connectivity index (χ2v) is 6.53. The molecule has 1 saturated carbocycles. The summed E-state index contributed by atoms with van der Waals surface area (Å²) in [5.74, 6) is 0.798. The molecule has 0 aliphatic heterocycles. The van der Waals surface area contributed by atoms with Crippen LogP contribution in [-0.2, 0) is 6.42 Å². The molecule has 2 aromatic rings. The van der Waals surface area contributed by atoms with Gasteiger partial charge in [-0.2, -0.15) is 0 Å². The lowest BCUT2D eigenvalue weighted by Gasteiger charge is -2.26. The molecule has 1 aliphatic carbocycles. The molecule has 0 bridgehead atoms. The van der Waals surface area contributed by atoms with Crippen LogP contribution in [0.1, 0.15) is 53.1 Å². The Morgan fingerprint density at radius 3 is 2.58 bits per heavy atom. The maximum absolute atomic E-state index is 6.27. The van der Waals surface area contributed by atoms with Crippen molar-refractivity contribution in [1.82, 2.24) is 4.98 Å². The Bertz CT molecular complexity index is 540. The lowest BCUT2D eigenvalue weighted by Crippen LogP contribution is -2.14. The molecule has 3 heteroatoms. The fourth-order valence-corrected chi connectivity index (χ4v) is 3.23. The van der Waals surface area contributed by atoms with Crippen LogP contribution in [0.3, 0.4) is 0 Å². The van der Waals surface area contributed by atoms with Crippen molar-refractivity contribution in [3.05, 3.63) is 51.5 Å². The Hall–Kier alpha value is -1.19. The maximum Gasteiger partial charge on any atom is 0.0897 e. The molecule has 2 N–H and O–H groups in total. The van der Waals surface area contributed by atoms with E-state index in [1.54, 1.807) is 11.3 Å². The van der Waals surface area contributed by atoms with Crippen molar-refractivity contribution < 1.29 is 0 Å². The largest absolute Gasteiger partial charge is 0.324 e. The SMILES string of the molecule is Cc1nc(CC(N)c2ccc(C3CCC3)cc2)cs1. The first-order valence-electron chi connectivity index (χ1n) is 6.99. The lowest BCUT2D eigenvalue weighted by molar-refractivity contribution is 0.419. The summed E-state index contributed by atoms with van der Waals surface area (Å²) in [6.45, 7) is 2.03. The van der Waals surface area contributed by atoms with Crippen LogP contribution in [-0.4, -0.2) is 4.98 Å². The molecule has 2 nitrogen and oxygen atoms in total. The van der Waals surface area contributed by atoms with Gasteiger partial charge in [0.25, 0.3) is 0 Å². The minimum Gasteiger partial charge on any atom is -0.324 e. The topological polar surface area (TPSA) is 38.9 Å². The summed E-state index contributed by atoms with van der Waals surface area (Å²) in [6, 6.07) is 8.95. The first kappa shape index (κ1) is 12.8. The molecule has 1 aliphatic rings. The summed E-state index contributed by atoms with van der Waals surface area (Å²) in [5, 5.41) is 3.22. The molecular formula is C16H20N2S. The molecule has 0 radical (unpaired) electrons. The van der Waals surface area contributed by atoms with Crippen LogP contribution < -0.4 is 5.73 Å². The Balaban J connectivity index is 1.67. The van der Waals surface area contributed by atoms with Gasteiger partial charge >= 0.3 is 0 Å². The molecule has 1 fully saturated rings. The van der Waals surface area contributed by atoms with E-state index in [1.807, 2.05) is 6.92 Å². The molecule has 1 atom stereocenters. The number of hydrogen-bond acceptors (Lipinski definition) is 3. The molecule has 100 valence electrons. The van der Waals surface area contributed by atoms with E-state index in [2.05, 4.69) is 34.6 Å². The number of aromatic nitrogens is 1. The van der Waals surface area contributed by atoms with Crippen LogP contribution in [0.25, 0.3) is 0 Å². The van der Waals surface area contributed by atoms with Gasteiger partial charge in [-0.05, 0) is 36.8 Å². The Kier molecular flexibility index (Phi) is 3.67. The summed E-state index contributed by atoms with van der Waals surface area (Å²) in [5.41, 5.74) is 10.1. The number of hydrogen-bond donors (Lipinski definition) is 1. The Morgan fingerprint density at radius 1 is 1.32 bits per heavy atom. The normalized spacial score (nSPS) is 17.2. The molecule has 1 unspecified atom stereocenters. The molecule has 19 heavy (non-hydrogen) atoms. The van der Waals surface area contributed by atoms with E-state index in [0.29, 0.717) is 0 Å². The fourth-order valence-electron chi connectivity index (χ4n) is 2.60. The van der Waals surface area contributed by atoms with E-state index in [9.17, 15) is 0 Å². The van der Waals surface area contributed by atoms with Crippen molar-refractivity contribution in [2.24, 2.45) is 5.73 Å². The average molecular weight is 272 g/mol. The highest BCUT2D eigenvalue weighted by atomic mass is 32.1. The van der Waals surface area contributed by atoms with Gasteiger partial charge in [-0.15, -0.1) is 11.3 Å². The predicted molar refractivity (Wildman–Crippen MR) is 80.5 cm³/mol. The molecule has 1 aromatic carbocycles. The van der Waals surface area contributed by atoms with E-state index in [1.165, 1.54) is 30.4 Å². The smallest absolute Gasteiger partial charge is 0.0897 e. The van der Waals surface area contributed by atoms with Gasteiger partial charge in [-0.25, -0.2) is 4.98 Å². The van der Waals surface area contributed by atoms with Crippen molar-refractivity contribution in [2.75, 3.05) is 0 Å². The van der Waals surface area contributed by atoms with Gasteiger partial charge in [0.1, 0.15) is 0 Å². The summed E-state index contributed by atoms with van der Waals surface area (Å²) < 4.78 is 0. The van der Waals surface area contributed by atoms with Crippen molar-refractivity contribution in [2.45, 2.75) is 44.6 Å². The Morgan fingerprint density at radius 2 is 2.05 bits per heavy atom. The van der Waals surface area contributed by atoms with Crippen LogP contribution >= 0.6 is 11.3 Å². The quantitative estimate of drug-likeness (QED) is 0.915. The third kappa shape index (κ3) is 2.88. The van der Waals surface area contributed by atoms with Crippen molar-refractivity contribution in [3.63, 3.8) is 0 Å². The fraction of sp³-hybridized carbons (Fsp3) is 0.438. The second-order valence-electron chi connectivity index (χ2n) is 5.46. The maximum atomic E-state index is 6.27. The van der Waals surface area contributed by atoms with E-state index in [4.69, 9.17) is 5.73 Å². The monoisotopic (exact) mass is 272 g/mol. The molecule has 1 heterocycles. The molecule has 0 amide bonds. The summed E-state index contributed by atoms with van der Waals surface area (Å²) >= 11 is 1.69. The first-order chi connectivity index (χ1) is 9.22. The second kappa shape index (κ2) is 5.43. The highest BCUT2D eigenvalue weighted by Crippen LogP contribution is 2.36. The number of nitrogens with two attached hydrogens (primary N) is 1. The van der Waals surface area contributed by atoms with Crippen molar-refractivity contribution in [3.8, 4) is 0 Å². The van der Waals surface area contributed by atoms with Crippen LogP contribution in [0.15, 0.2) is 29.6 Å². The number of rotatable bonds is 4. The molecule has 3 rings (SSSR count). The Labute approximate surface area is 118 Å². The van der Waals surface area contributed by atoms with E-state index >= 15 is 0 Å². The third-order valence-corrected chi connectivity index (χ3v) is 4.86. The van der Waals surface area contributed by atoms with Gasteiger partial charge < -0.3 is 5.73 Å². The lowest BCUT2D eigenvalue weighted by atomic mass is 9.80. The summed E-state index contributed by atoms with van der Waals surface area (Å²) in [4.78, 5) is 4.48. The first-order valence-corrected chi connectivity index (χ1v) is 7.87. The average Bonchev–Trinajstić information content (AvgIpc) is 2.73. The van der Waals surface area contributed by atoms with Crippen LogP contribution in [0.4, 0.5) is 0 Å². The van der Waals surface area contributed by atoms with Crippen LogP contribution in [0.5, 0.6) is 0 Å². The van der Waals surface area contributed by atoms with Gasteiger partial charge in [0.05, 0.1) is 10.7 Å². The molecule has 1 aromatic heterocycles. The standard InChI is InChI=1S/C16H20N2S/c1-11-18-15(10-19-11)9-16(17)14-7-5-13(6-8-14)12-3-2-4-12/h5-8,10,12,16H,2-4,9,17H2,1H3. The van der Waals surface area contributed by atoms with Gasteiger partial charge in [0.2, 0.25) is 0 Å². The summed E-state index contributed by atoms with van der Waals surface area (Å²) in [7, 11) is 0. The zero-order valence-corrected chi connectivity index (χ0v) is 12.1. The zero-order valence-electron chi connectivity index (χ0n) is 11.3. The van der Waals surface area contributed by atoms with E-state index in [0.717, 1.165) is 23.0 Å². The minimum atomic E-state index is 0.0527. The summed E-state index contributed by atoms with van der Waals surface area (Å²) in [6.07, 6.45) is 4.91. The van der Waals surface area contributed by atoms with E-state index < -0.39 is 0 Å². The zero-order chi connectivity index (χ0) is 13.2. The number of benzene rings is 1. The number of aryl methyl sites for hydroxylation is 1. The molecule has 0 spiro atoms. The predicted octanol–water partition coefficient (Wildman–Crippen LogP) is 3.96.